The smallest absolute Gasteiger partial charge is 0.268 e. The van der Waals surface area contributed by atoms with Crippen molar-refractivity contribution < 1.29 is 9.18 Å². The average Bonchev–Trinajstić information content (AvgIpc) is 2.80. The fourth-order valence-corrected chi connectivity index (χ4v) is 3.81. The highest BCUT2D eigenvalue weighted by molar-refractivity contribution is 7.21. The lowest BCUT2D eigenvalue weighted by molar-refractivity contribution is 0.103. The average molecular weight is 349 g/mol. The van der Waals surface area contributed by atoms with Crippen molar-refractivity contribution in [2.45, 2.75) is 20.8 Å². The van der Waals surface area contributed by atoms with Gasteiger partial charge in [0, 0.05) is 15.8 Å². The van der Waals surface area contributed by atoms with Gasteiger partial charge in [-0.15, -0.1) is 11.3 Å². The van der Waals surface area contributed by atoms with E-state index in [1.54, 1.807) is 6.07 Å². The molecule has 0 aliphatic rings. The van der Waals surface area contributed by atoms with Crippen molar-refractivity contribution in [2.24, 2.45) is 0 Å². The minimum atomic E-state index is -0.353. The molecule has 0 aliphatic carbocycles. The van der Waals surface area contributed by atoms with Crippen molar-refractivity contribution in [1.29, 1.82) is 0 Å². The van der Waals surface area contributed by atoms with Gasteiger partial charge < -0.3 is 5.32 Å². The lowest BCUT2D eigenvalue weighted by atomic mass is 10.1. The third kappa shape index (κ3) is 2.94. The number of aryl methyl sites for hydroxylation is 2. The van der Waals surface area contributed by atoms with Gasteiger partial charge in [-0.05, 0) is 56.2 Å². The summed E-state index contributed by atoms with van der Waals surface area (Å²) in [6.07, 6.45) is 0. The summed E-state index contributed by atoms with van der Waals surface area (Å²) in [5.41, 5.74) is 2.79. The van der Waals surface area contributed by atoms with E-state index >= 15 is 0 Å². The molecule has 3 rings (SSSR count). The molecule has 0 bridgehead atoms. The van der Waals surface area contributed by atoms with Crippen LogP contribution in [-0.4, -0.2) is 10.9 Å². The molecule has 0 atom stereocenters. The number of halogens is 2. The Morgan fingerprint density at radius 1 is 1.26 bits per heavy atom. The van der Waals surface area contributed by atoms with Crippen molar-refractivity contribution in [2.75, 3.05) is 5.32 Å². The normalized spacial score (nSPS) is 11.0. The first-order valence-electron chi connectivity index (χ1n) is 7.00. The van der Waals surface area contributed by atoms with E-state index < -0.39 is 0 Å². The Labute approximate surface area is 142 Å². The van der Waals surface area contributed by atoms with Gasteiger partial charge in [0.1, 0.15) is 16.5 Å². The van der Waals surface area contributed by atoms with E-state index in [0.29, 0.717) is 25.8 Å². The quantitative estimate of drug-likeness (QED) is 0.685. The summed E-state index contributed by atoms with van der Waals surface area (Å²) in [4.78, 5) is 17.3. The van der Waals surface area contributed by atoms with Crippen LogP contribution < -0.4 is 5.32 Å². The maximum absolute atomic E-state index is 13.3. The lowest BCUT2D eigenvalue weighted by Crippen LogP contribution is -2.14. The zero-order chi connectivity index (χ0) is 16.7. The molecule has 6 heteroatoms. The molecule has 1 amide bonds. The minimum absolute atomic E-state index is 0.336. The number of aromatic nitrogens is 1. The van der Waals surface area contributed by atoms with Crippen LogP contribution in [0.4, 0.5) is 10.2 Å². The fourth-order valence-electron chi connectivity index (χ4n) is 2.37. The third-order valence-electron chi connectivity index (χ3n) is 3.69. The van der Waals surface area contributed by atoms with E-state index in [9.17, 15) is 9.18 Å². The molecule has 23 heavy (non-hydrogen) atoms. The van der Waals surface area contributed by atoms with E-state index in [1.165, 1.54) is 23.5 Å². The molecular weight excluding hydrogens is 335 g/mol. The predicted molar refractivity (Wildman–Crippen MR) is 93.2 cm³/mol. The standard InChI is InChI=1S/C17H14ClFN2OS/c1-8-6-9(2)20-16(10(8)3)21-17(22)15-14(18)12-5-4-11(19)7-13(12)23-15/h4-7H,1-3H3,(H,20,21,22). The molecule has 0 aliphatic heterocycles. The highest BCUT2D eigenvalue weighted by Gasteiger charge is 2.19. The molecule has 3 nitrogen and oxygen atoms in total. The number of hydrogen-bond donors (Lipinski definition) is 1. The molecule has 0 unspecified atom stereocenters. The van der Waals surface area contributed by atoms with E-state index in [2.05, 4.69) is 10.3 Å². The molecule has 1 N–H and O–H groups in total. The monoisotopic (exact) mass is 348 g/mol. The summed E-state index contributed by atoms with van der Waals surface area (Å²) < 4.78 is 14.0. The Bertz CT molecular complexity index is 936. The van der Waals surface area contributed by atoms with Crippen LogP contribution in [0.5, 0.6) is 0 Å². The topological polar surface area (TPSA) is 42.0 Å². The molecular formula is C17H14ClFN2OS. The number of carbonyl (C=O) groups excluding carboxylic acids is 1. The van der Waals surface area contributed by atoms with Gasteiger partial charge in [0.25, 0.3) is 5.91 Å². The number of fused-ring (bicyclic) bond motifs is 1. The predicted octanol–water partition coefficient (Wildman–Crippen LogP) is 5.27. The van der Waals surface area contributed by atoms with E-state index in [4.69, 9.17) is 11.6 Å². The molecule has 0 saturated carbocycles. The van der Waals surface area contributed by atoms with Crippen molar-refractivity contribution in [3.05, 3.63) is 56.8 Å². The second kappa shape index (κ2) is 5.91. The number of hydrogen-bond acceptors (Lipinski definition) is 3. The summed E-state index contributed by atoms with van der Waals surface area (Å²) >= 11 is 7.45. The number of pyridine rings is 1. The van der Waals surface area contributed by atoms with Gasteiger partial charge in [-0.25, -0.2) is 9.37 Å². The second-order valence-corrected chi connectivity index (χ2v) is 6.82. The number of thiophene rings is 1. The number of nitrogens with zero attached hydrogens (tertiary/aromatic N) is 1. The van der Waals surface area contributed by atoms with Gasteiger partial charge in [-0.3, -0.25) is 4.79 Å². The molecule has 0 saturated heterocycles. The first kappa shape index (κ1) is 15.9. The van der Waals surface area contributed by atoms with Crippen molar-refractivity contribution in [3.8, 4) is 0 Å². The van der Waals surface area contributed by atoms with Crippen LogP contribution in [0.1, 0.15) is 26.5 Å². The van der Waals surface area contributed by atoms with E-state index in [-0.39, 0.29) is 11.7 Å². The van der Waals surface area contributed by atoms with Gasteiger partial charge in [0.2, 0.25) is 0 Å². The molecule has 2 aromatic heterocycles. The summed E-state index contributed by atoms with van der Waals surface area (Å²) in [5, 5.41) is 3.82. The summed E-state index contributed by atoms with van der Waals surface area (Å²) in [6, 6.07) is 6.25. The second-order valence-electron chi connectivity index (χ2n) is 5.39. The first-order chi connectivity index (χ1) is 10.9. The van der Waals surface area contributed by atoms with Crippen LogP contribution in [0.3, 0.4) is 0 Å². The number of benzene rings is 1. The van der Waals surface area contributed by atoms with Gasteiger partial charge in [-0.2, -0.15) is 0 Å². The Morgan fingerprint density at radius 2 is 2.00 bits per heavy atom. The van der Waals surface area contributed by atoms with Crippen LogP contribution >= 0.6 is 22.9 Å². The first-order valence-corrected chi connectivity index (χ1v) is 8.20. The number of amides is 1. The SMILES string of the molecule is Cc1cc(C)c(C)c(NC(=O)c2sc3cc(F)ccc3c2Cl)n1. The Balaban J connectivity index is 2.00. The van der Waals surface area contributed by atoms with E-state index in [0.717, 1.165) is 16.8 Å². The fraction of sp³-hybridized carbons (Fsp3) is 0.176. The van der Waals surface area contributed by atoms with E-state index in [1.807, 2.05) is 26.8 Å². The molecule has 3 aromatic rings. The lowest BCUT2D eigenvalue weighted by Gasteiger charge is -2.10. The summed E-state index contributed by atoms with van der Waals surface area (Å²) in [6.45, 7) is 5.74. The van der Waals surface area contributed by atoms with Crippen LogP contribution in [0.25, 0.3) is 10.1 Å². The van der Waals surface area contributed by atoms with Gasteiger partial charge in [0.05, 0.1) is 5.02 Å². The molecule has 118 valence electrons. The van der Waals surface area contributed by atoms with Gasteiger partial charge >= 0.3 is 0 Å². The summed E-state index contributed by atoms with van der Waals surface area (Å²) in [7, 11) is 0. The largest absolute Gasteiger partial charge is 0.306 e. The van der Waals surface area contributed by atoms with Crippen LogP contribution in [0.2, 0.25) is 5.02 Å². The maximum atomic E-state index is 13.3. The molecule has 2 heterocycles. The van der Waals surface area contributed by atoms with Crippen LogP contribution in [0.15, 0.2) is 24.3 Å². The van der Waals surface area contributed by atoms with Crippen molar-refractivity contribution >= 4 is 44.7 Å². The Kier molecular flexibility index (Phi) is 4.08. The van der Waals surface area contributed by atoms with Gasteiger partial charge in [0.15, 0.2) is 0 Å². The third-order valence-corrected chi connectivity index (χ3v) is 5.35. The number of carbonyl (C=O) groups is 1. The zero-order valence-corrected chi connectivity index (χ0v) is 14.4. The number of nitrogens with one attached hydrogen (secondary N) is 1. The van der Waals surface area contributed by atoms with Crippen LogP contribution in [0, 0.1) is 26.6 Å². The highest BCUT2D eigenvalue weighted by atomic mass is 35.5. The maximum Gasteiger partial charge on any atom is 0.268 e. The molecule has 0 fully saturated rings. The number of rotatable bonds is 2. The van der Waals surface area contributed by atoms with Crippen LogP contribution in [-0.2, 0) is 0 Å². The molecule has 0 spiro atoms. The van der Waals surface area contributed by atoms with Crippen molar-refractivity contribution in [1.82, 2.24) is 4.98 Å². The zero-order valence-electron chi connectivity index (χ0n) is 12.8. The van der Waals surface area contributed by atoms with Crippen molar-refractivity contribution in [3.63, 3.8) is 0 Å². The minimum Gasteiger partial charge on any atom is -0.306 e. The Hall–Kier alpha value is -1.98. The Morgan fingerprint density at radius 3 is 2.74 bits per heavy atom. The highest BCUT2D eigenvalue weighted by Crippen LogP contribution is 2.36. The summed E-state index contributed by atoms with van der Waals surface area (Å²) in [5.74, 6) is -0.168. The van der Waals surface area contributed by atoms with Gasteiger partial charge in [-0.1, -0.05) is 11.6 Å². The molecule has 0 radical (unpaired) electrons. The molecule has 1 aromatic carbocycles. The number of anilines is 1.